The lowest BCUT2D eigenvalue weighted by atomic mass is 10.1. The van der Waals surface area contributed by atoms with Crippen molar-refractivity contribution < 1.29 is 19.4 Å². The highest BCUT2D eigenvalue weighted by Gasteiger charge is 2.07. The highest BCUT2D eigenvalue weighted by Crippen LogP contribution is 2.30. The molecule has 0 saturated carbocycles. The van der Waals surface area contributed by atoms with Crippen LogP contribution in [0.15, 0.2) is 66.7 Å². The highest BCUT2D eigenvalue weighted by atomic mass is 16.5. The first kappa shape index (κ1) is 16.6. The first-order valence-corrected chi connectivity index (χ1v) is 7.86. The minimum absolute atomic E-state index is 0.393. The van der Waals surface area contributed by atoms with Gasteiger partial charge in [0.2, 0.25) is 0 Å². The van der Waals surface area contributed by atoms with Crippen LogP contribution in [0, 0.1) is 0 Å². The number of carbonyl (C=O) groups is 1. The average Bonchev–Trinajstić information content (AvgIpc) is 2.64. The van der Waals surface area contributed by atoms with Gasteiger partial charge in [-0.15, -0.1) is 0 Å². The third kappa shape index (κ3) is 3.98. The number of benzene rings is 3. The van der Waals surface area contributed by atoms with Crippen LogP contribution < -0.4 is 9.47 Å². The second kappa shape index (κ2) is 7.53. The van der Waals surface area contributed by atoms with Gasteiger partial charge in [0, 0.05) is 6.08 Å². The van der Waals surface area contributed by atoms with Crippen molar-refractivity contribution in [3.05, 3.63) is 77.9 Å². The molecule has 0 aliphatic carbocycles. The number of ether oxygens (including phenoxy) is 2. The van der Waals surface area contributed by atoms with Gasteiger partial charge in [-0.25, -0.2) is 4.79 Å². The lowest BCUT2D eigenvalue weighted by Crippen LogP contribution is -1.99. The molecule has 0 amide bonds. The maximum atomic E-state index is 10.7. The molecule has 0 bridgehead atoms. The molecule has 3 aromatic carbocycles. The number of aliphatic carboxylic acids is 1. The molecule has 0 aromatic heterocycles. The number of hydrogen-bond donors (Lipinski definition) is 1. The molecule has 0 radical (unpaired) electrons. The van der Waals surface area contributed by atoms with E-state index in [0.717, 1.165) is 28.0 Å². The summed E-state index contributed by atoms with van der Waals surface area (Å²) in [6, 6.07) is 19.6. The molecule has 0 spiro atoms. The Morgan fingerprint density at radius 3 is 2.64 bits per heavy atom. The van der Waals surface area contributed by atoms with Crippen LogP contribution in [0.5, 0.6) is 11.5 Å². The van der Waals surface area contributed by atoms with E-state index in [-0.39, 0.29) is 0 Å². The summed E-state index contributed by atoms with van der Waals surface area (Å²) in [6.45, 7) is 0.393. The van der Waals surface area contributed by atoms with Crippen LogP contribution in [-0.4, -0.2) is 18.2 Å². The quantitative estimate of drug-likeness (QED) is 0.673. The fraction of sp³-hybridized carbons (Fsp3) is 0.0952. The second-order valence-corrected chi connectivity index (χ2v) is 5.51. The van der Waals surface area contributed by atoms with Crippen molar-refractivity contribution in [3.8, 4) is 11.5 Å². The monoisotopic (exact) mass is 334 g/mol. The van der Waals surface area contributed by atoms with Gasteiger partial charge in [-0.1, -0.05) is 48.5 Å². The molecule has 0 atom stereocenters. The second-order valence-electron chi connectivity index (χ2n) is 5.51. The Kier molecular flexibility index (Phi) is 5.00. The summed E-state index contributed by atoms with van der Waals surface area (Å²) in [5, 5.41) is 11.1. The molecule has 0 aliphatic rings. The molecule has 4 nitrogen and oxygen atoms in total. The summed E-state index contributed by atoms with van der Waals surface area (Å²) in [7, 11) is 1.58. The molecule has 0 fully saturated rings. The normalized spacial score (nSPS) is 10.9. The van der Waals surface area contributed by atoms with E-state index < -0.39 is 5.97 Å². The van der Waals surface area contributed by atoms with Gasteiger partial charge in [0.05, 0.1) is 7.11 Å². The molecule has 4 heteroatoms. The number of hydrogen-bond acceptors (Lipinski definition) is 3. The molecule has 0 unspecified atom stereocenters. The maximum absolute atomic E-state index is 10.7. The zero-order valence-electron chi connectivity index (χ0n) is 13.8. The van der Waals surface area contributed by atoms with Gasteiger partial charge < -0.3 is 14.6 Å². The van der Waals surface area contributed by atoms with E-state index in [9.17, 15) is 4.79 Å². The fourth-order valence-corrected chi connectivity index (χ4v) is 2.65. The highest BCUT2D eigenvalue weighted by molar-refractivity contribution is 5.86. The van der Waals surface area contributed by atoms with Gasteiger partial charge in [-0.05, 0) is 40.1 Å². The molecule has 0 saturated heterocycles. The Morgan fingerprint density at radius 2 is 1.84 bits per heavy atom. The van der Waals surface area contributed by atoms with Crippen LogP contribution >= 0.6 is 0 Å². The van der Waals surface area contributed by atoms with Crippen molar-refractivity contribution in [1.82, 2.24) is 0 Å². The number of carboxylic acid groups (broad SMARTS) is 1. The van der Waals surface area contributed by atoms with Crippen molar-refractivity contribution >= 4 is 22.8 Å². The Balaban J connectivity index is 1.86. The third-order valence-corrected chi connectivity index (χ3v) is 3.87. The van der Waals surface area contributed by atoms with Gasteiger partial charge in [0.15, 0.2) is 11.5 Å². The largest absolute Gasteiger partial charge is 0.493 e. The lowest BCUT2D eigenvalue weighted by molar-refractivity contribution is -0.131. The van der Waals surface area contributed by atoms with Crippen molar-refractivity contribution in [2.45, 2.75) is 6.61 Å². The minimum Gasteiger partial charge on any atom is -0.493 e. The molecule has 25 heavy (non-hydrogen) atoms. The summed E-state index contributed by atoms with van der Waals surface area (Å²) < 4.78 is 11.3. The zero-order chi connectivity index (χ0) is 17.6. The molecular weight excluding hydrogens is 316 g/mol. The van der Waals surface area contributed by atoms with E-state index >= 15 is 0 Å². The molecular formula is C21H18O4. The molecule has 3 aromatic rings. The smallest absolute Gasteiger partial charge is 0.328 e. The molecule has 3 rings (SSSR count). The van der Waals surface area contributed by atoms with Gasteiger partial charge in [0.25, 0.3) is 0 Å². The SMILES string of the molecule is COc1ccc(/C=C/C(=O)O)cc1OCc1cccc2ccccc12. The maximum Gasteiger partial charge on any atom is 0.328 e. The Bertz CT molecular complexity index is 923. The van der Waals surface area contributed by atoms with Crippen LogP contribution in [0.2, 0.25) is 0 Å². The molecule has 1 N–H and O–H groups in total. The topological polar surface area (TPSA) is 55.8 Å². The summed E-state index contributed by atoms with van der Waals surface area (Å²) in [5.74, 6) is 0.185. The van der Waals surface area contributed by atoms with E-state index in [0.29, 0.717) is 18.1 Å². The summed E-state index contributed by atoms with van der Waals surface area (Å²) in [4.78, 5) is 10.7. The fourth-order valence-electron chi connectivity index (χ4n) is 2.65. The van der Waals surface area contributed by atoms with Gasteiger partial charge in [-0.2, -0.15) is 0 Å². The van der Waals surface area contributed by atoms with Crippen LogP contribution in [0.25, 0.3) is 16.8 Å². The number of carboxylic acids is 1. The van der Waals surface area contributed by atoms with Crippen LogP contribution in [0.4, 0.5) is 0 Å². The van der Waals surface area contributed by atoms with E-state index in [2.05, 4.69) is 18.2 Å². The van der Waals surface area contributed by atoms with Crippen molar-refractivity contribution in [3.63, 3.8) is 0 Å². The van der Waals surface area contributed by atoms with E-state index in [1.165, 1.54) is 6.08 Å². The van der Waals surface area contributed by atoms with Gasteiger partial charge in [-0.3, -0.25) is 0 Å². The van der Waals surface area contributed by atoms with Gasteiger partial charge >= 0.3 is 5.97 Å². The van der Waals surface area contributed by atoms with Crippen molar-refractivity contribution in [2.24, 2.45) is 0 Å². The summed E-state index contributed by atoms with van der Waals surface area (Å²) in [6.07, 6.45) is 2.61. The van der Waals surface area contributed by atoms with Gasteiger partial charge in [0.1, 0.15) is 6.61 Å². The minimum atomic E-state index is -0.992. The third-order valence-electron chi connectivity index (χ3n) is 3.87. The van der Waals surface area contributed by atoms with Crippen LogP contribution in [-0.2, 0) is 11.4 Å². The number of rotatable bonds is 6. The lowest BCUT2D eigenvalue weighted by Gasteiger charge is -2.13. The predicted molar refractivity (Wildman–Crippen MR) is 97.9 cm³/mol. The Hall–Kier alpha value is -3.27. The van der Waals surface area contributed by atoms with E-state index in [1.54, 1.807) is 25.3 Å². The van der Waals surface area contributed by atoms with E-state index in [4.69, 9.17) is 14.6 Å². The Morgan fingerprint density at radius 1 is 1.04 bits per heavy atom. The summed E-state index contributed by atoms with van der Waals surface area (Å²) >= 11 is 0. The standard InChI is InChI=1S/C21H18O4/c1-24-19-11-9-15(10-12-21(22)23)13-20(19)25-14-17-7-4-6-16-5-2-3-8-18(16)17/h2-13H,14H2,1H3,(H,22,23)/b12-10+. The molecule has 126 valence electrons. The predicted octanol–water partition coefficient (Wildman–Crippen LogP) is 4.53. The first-order valence-electron chi connectivity index (χ1n) is 7.86. The van der Waals surface area contributed by atoms with Crippen LogP contribution in [0.1, 0.15) is 11.1 Å². The van der Waals surface area contributed by atoms with Crippen molar-refractivity contribution in [2.75, 3.05) is 7.11 Å². The Labute approximate surface area is 145 Å². The number of fused-ring (bicyclic) bond motifs is 1. The number of methoxy groups -OCH3 is 1. The van der Waals surface area contributed by atoms with Crippen LogP contribution in [0.3, 0.4) is 0 Å². The average molecular weight is 334 g/mol. The molecule has 0 aliphatic heterocycles. The summed E-state index contributed by atoms with van der Waals surface area (Å²) in [5.41, 5.74) is 1.81. The first-order chi connectivity index (χ1) is 12.2. The zero-order valence-corrected chi connectivity index (χ0v) is 13.8. The molecule has 0 heterocycles. The van der Waals surface area contributed by atoms with E-state index in [1.807, 2.05) is 24.3 Å². The van der Waals surface area contributed by atoms with Crippen molar-refractivity contribution in [1.29, 1.82) is 0 Å².